The minimum Gasteiger partial charge on any atom is -0.478 e. The molecular formula is C15H14ClNO5. The summed E-state index contributed by atoms with van der Waals surface area (Å²) in [7, 11) is 0. The first-order chi connectivity index (χ1) is 10.4. The van der Waals surface area contributed by atoms with Crippen molar-refractivity contribution >= 4 is 34.4 Å². The Labute approximate surface area is 131 Å². The fourth-order valence-corrected chi connectivity index (χ4v) is 2.05. The molecule has 1 heterocycles. The van der Waals surface area contributed by atoms with Gasteiger partial charge in [0.15, 0.2) is 0 Å². The van der Waals surface area contributed by atoms with Gasteiger partial charge in [0.25, 0.3) is 6.10 Å². The Morgan fingerprint density at radius 2 is 2.05 bits per heavy atom. The van der Waals surface area contributed by atoms with Gasteiger partial charge in [-0.1, -0.05) is 17.7 Å². The van der Waals surface area contributed by atoms with Gasteiger partial charge >= 0.3 is 11.9 Å². The molecule has 0 aliphatic heterocycles. The predicted octanol–water partition coefficient (Wildman–Crippen LogP) is 2.67. The van der Waals surface area contributed by atoms with Crippen molar-refractivity contribution in [3.05, 3.63) is 35.5 Å². The third-order valence-corrected chi connectivity index (χ3v) is 2.89. The van der Waals surface area contributed by atoms with E-state index in [1.165, 1.54) is 12.3 Å². The number of esters is 1. The second kappa shape index (κ2) is 6.62. The zero-order valence-electron chi connectivity index (χ0n) is 11.9. The Morgan fingerprint density at radius 1 is 1.32 bits per heavy atom. The van der Waals surface area contributed by atoms with E-state index in [2.05, 4.69) is 4.98 Å². The highest BCUT2D eigenvalue weighted by molar-refractivity contribution is 6.31. The molecule has 1 aromatic carbocycles. The lowest BCUT2D eigenvalue weighted by Crippen LogP contribution is -2.38. The van der Waals surface area contributed by atoms with Gasteiger partial charge in [0.05, 0.1) is 6.10 Å². The SMILES string of the molecule is CC(C)OC(=O)C(Oc1cc(Cl)cc2cccnc12)C(=O)O. The highest BCUT2D eigenvalue weighted by atomic mass is 35.5. The molecular weight excluding hydrogens is 310 g/mol. The molecule has 0 aliphatic rings. The number of carbonyl (C=O) groups excluding carboxylic acids is 1. The smallest absolute Gasteiger partial charge is 0.359 e. The number of nitrogens with zero attached hydrogens (tertiary/aromatic N) is 1. The maximum Gasteiger partial charge on any atom is 0.359 e. The second-order valence-corrected chi connectivity index (χ2v) is 5.24. The van der Waals surface area contributed by atoms with E-state index in [9.17, 15) is 14.7 Å². The van der Waals surface area contributed by atoms with Gasteiger partial charge in [0.1, 0.15) is 11.3 Å². The number of carbonyl (C=O) groups is 2. The highest BCUT2D eigenvalue weighted by Crippen LogP contribution is 2.29. The number of pyridine rings is 1. The van der Waals surface area contributed by atoms with E-state index >= 15 is 0 Å². The van der Waals surface area contributed by atoms with Crippen LogP contribution in [0.25, 0.3) is 10.9 Å². The molecule has 0 aliphatic carbocycles. The Hall–Kier alpha value is -2.34. The van der Waals surface area contributed by atoms with E-state index in [1.807, 2.05) is 0 Å². The molecule has 0 bridgehead atoms. The molecule has 0 saturated carbocycles. The first-order valence-corrected chi connectivity index (χ1v) is 6.90. The number of carboxylic acids is 1. The van der Waals surface area contributed by atoms with E-state index in [0.717, 1.165) is 0 Å². The summed E-state index contributed by atoms with van der Waals surface area (Å²) < 4.78 is 10.2. The summed E-state index contributed by atoms with van der Waals surface area (Å²) in [4.78, 5) is 27.2. The van der Waals surface area contributed by atoms with E-state index in [4.69, 9.17) is 21.1 Å². The average Bonchev–Trinajstić information content (AvgIpc) is 2.43. The van der Waals surface area contributed by atoms with Crippen LogP contribution in [0.2, 0.25) is 5.02 Å². The summed E-state index contributed by atoms with van der Waals surface area (Å²) in [5.41, 5.74) is 0.412. The molecule has 1 atom stereocenters. The van der Waals surface area contributed by atoms with Crippen molar-refractivity contribution in [1.29, 1.82) is 0 Å². The normalized spacial score (nSPS) is 12.2. The summed E-state index contributed by atoms with van der Waals surface area (Å²) in [6.45, 7) is 3.24. The maximum absolute atomic E-state index is 11.8. The monoisotopic (exact) mass is 323 g/mol. The van der Waals surface area contributed by atoms with Crippen LogP contribution in [0.15, 0.2) is 30.5 Å². The van der Waals surface area contributed by atoms with E-state index < -0.39 is 24.1 Å². The summed E-state index contributed by atoms with van der Waals surface area (Å²) in [5, 5.41) is 10.2. The molecule has 7 heteroatoms. The Balaban J connectivity index is 2.38. The Kier molecular flexibility index (Phi) is 4.82. The molecule has 0 fully saturated rings. The van der Waals surface area contributed by atoms with Gasteiger partial charge in [-0.2, -0.15) is 0 Å². The van der Waals surface area contributed by atoms with Gasteiger partial charge in [-0.25, -0.2) is 9.59 Å². The number of halogens is 1. The lowest BCUT2D eigenvalue weighted by Gasteiger charge is -2.17. The van der Waals surface area contributed by atoms with Crippen molar-refractivity contribution in [3.8, 4) is 5.75 Å². The number of hydrogen-bond donors (Lipinski definition) is 1. The lowest BCUT2D eigenvalue weighted by molar-refractivity contribution is -0.165. The van der Waals surface area contributed by atoms with Crippen molar-refractivity contribution in [2.45, 2.75) is 26.1 Å². The summed E-state index contributed by atoms with van der Waals surface area (Å²) >= 11 is 5.98. The molecule has 1 unspecified atom stereocenters. The van der Waals surface area contributed by atoms with E-state index in [0.29, 0.717) is 15.9 Å². The Morgan fingerprint density at radius 3 is 2.68 bits per heavy atom. The second-order valence-electron chi connectivity index (χ2n) is 4.80. The minimum absolute atomic E-state index is 0.108. The van der Waals surface area contributed by atoms with Gasteiger partial charge in [-0.3, -0.25) is 4.98 Å². The van der Waals surface area contributed by atoms with Gasteiger partial charge in [0.2, 0.25) is 0 Å². The molecule has 0 radical (unpaired) electrons. The zero-order chi connectivity index (χ0) is 16.3. The van der Waals surface area contributed by atoms with Gasteiger partial charge in [-0.15, -0.1) is 0 Å². The number of fused-ring (bicyclic) bond motifs is 1. The summed E-state index contributed by atoms with van der Waals surface area (Å²) in [6.07, 6.45) is -0.705. The van der Waals surface area contributed by atoms with Crippen molar-refractivity contribution < 1.29 is 24.2 Å². The quantitative estimate of drug-likeness (QED) is 0.672. The third kappa shape index (κ3) is 3.65. The van der Waals surface area contributed by atoms with Crippen LogP contribution in [0, 0.1) is 0 Å². The minimum atomic E-state index is -1.79. The largest absolute Gasteiger partial charge is 0.478 e. The average molecular weight is 324 g/mol. The highest BCUT2D eigenvalue weighted by Gasteiger charge is 2.31. The lowest BCUT2D eigenvalue weighted by atomic mass is 10.2. The molecule has 0 spiro atoms. The van der Waals surface area contributed by atoms with E-state index in [1.54, 1.807) is 32.0 Å². The molecule has 1 N–H and O–H groups in total. The van der Waals surface area contributed by atoms with Crippen molar-refractivity contribution in [2.24, 2.45) is 0 Å². The van der Waals surface area contributed by atoms with Crippen molar-refractivity contribution in [3.63, 3.8) is 0 Å². The predicted molar refractivity (Wildman–Crippen MR) is 80.0 cm³/mol. The zero-order valence-corrected chi connectivity index (χ0v) is 12.7. The van der Waals surface area contributed by atoms with Crippen LogP contribution in [-0.4, -0.2) is 34.2 Å². The number of aromatic nitrogens is 1. The number of hydrogen-bond acceptors (Lipinski definition) is 5. The molecule has 0 saturated heterocycles. The van der Waals surface area contributed by atoms with Crippen LogP contribution in [-0.2, 0) is 14.3 Å². The van der Waals surface area contributed by atoms with Crippen LogP contribution in [0.3, 0.4) is 0 Å². The number of rotatable bonds is 5. The molecule has 0 amide bonds. The summed E-state index contributed by atoms with van der Waals surface area (Å²) in [6, 6.07) is 6.54. The topological polar surface area (TPSA) is 85.7 Å². The number of benzene rings is 1. The molecule has 6 nitrogen and oxygen atoms in total. The first kappa shape index (κ1) is 16.0. The van der Waals surface area contributed by atoms with Crippen LogP contribution in [0.5, 0.6) is 5.75 Å². The van der Waals surface area contributed by atoms with Gasteiger partial charge < -0.3 is 14.6 Å². The third-order valence-electron chi connectivity index (χ3n) is 2.67. The van der Waals surface area contributed by atoms with Gasteiger partial charge in [-0.05, 0) is 26.0 Å². The standard InChI is InChI=1S/C15H14ClNO5/c1-8(2)21-15(20)13(14(18)19)22-11-7-10(16)6-9-4-3-5-17-12(9)11/h3-8,13H,1-2H3,(H,18,19). The van der Waals surface area contributed by atoms with Crippen molar-refractivity contribution in [1.82, 2.24) is 4.98 Å². The number of aliphatic carboxylic acids is 1. The molecule has 116 valence electrons. The van der Waals surface area contributed by atoms with Crippen LogP contribution < -0.4 is 4.74 Å². The van der Waals surface area contributed by atoms with Crippen LogP contribution in [0.4, 0.5) is 0 Å². The molecule has 22 heavy (non-hydrogen) atoms. The van der Waals surface area contributed by atoms with Gasteiger partial charge in [0, 0.05) is 22.7 Å². The number of carboxylic acid groups (broad SMARTS) is 1. The van der Waals surface area contributed by atoms with Crippen molar-refractivity contribution in [2.75, 3.05) is 0 Å². The van der Waals surface area contributed by atoms with E-state index in [-0.39, 0.29) is 5.75 Å². The van der Waals surface area contributed by atoms with Crippen LogP contribution in [0.1, 0.15) is 13.8 Å². The fourth-order valence-electron chi connectivity index (χ4n) is 1.83. The molecule has 2 rings (SSSR count). The maximum atomic E-state index is 11.8. The van der Waals surface area contributed by atoms with Crippen LogP contribution >= 0.6 is 11.6 Å². The first-order valence-electron chi connectivity index (χ1n) is 6.52. The Bertz CT molecular complexity index is 716. The fraction of sp³-hybridized carbons (Fsp3) is 0.267. The molecule has 1 aromatic heterocycles. The molecule has 2 aromatic rings. The number of ether oxygens (including phenoxy) is 2. The summed E-state index contributed by atoms with van der Waals surface area (Å²) in [5.74, 6) is -2.32.